The van der Waals surface area contributed by atoms with Gasteiger partial charge < -0.3 is 10.6 Å². The van der Waals surface area contributed by atoms with Gasteiger partial charge in [-0.25, -0.2) is 4.79 Å². The van der Waals surface area contributed by atoms with Crippen molar-refractivity contribution in [2.75, 3.05) is 11.9 Å². The van der Waals surface area contributed by atoms with E-state index in [1.54, 1.807) is 6.92 Å². The molecule has 1 heterocycles. The van der Waals surface area contributed by atoms with Gasteiger partial charge in [-0.2, -0.15) is 0 Å². The molecule has 28 heavy (non-hydrogen) atoms. The Labute approximate surface area is 165 Å². The zero-order valence-electron chi connectivity index (χ0n) is 16.5. The summed E-state index contributed by atoms with van der Waals surface area (Å²) in [6.45, 7) is 3.57. The molecule has 0 saturated carbocycles. The lowest BCUT2D eigenvalue weighted by atomic mass is 9.94. The lowest BCUT2D eigenvalue weighted by Crippen LogP contribution is -2.44. The van der Waals surface area contributed by atoms with Crippen molar-refractivity contribution in [3.8, 4) is 0 Å². The lowest BCUT2D eigenvalue weighted by molar-refractivity contribution is -0.133. The van der Waals surface area contributed by atoms with E-state index in [1.165, 1.54) is 0 Å². The van der Waals surface area contributed by atoms with Gasteiger partial charge in [-0.1, -0.05) is 62.9 Å². The van der Waals surface area contributed by atoms with E-state index < -0.39 is 17.5 Å². The third-order valence-corrected chi connectivity index (χ3v) is 5.21. The third-order valence-electron chi connectivity index (χ3n) is 5.21. The predicted molar refractivity (Wildman–Crippen MR) is 110 cm³/mol. The number of carbonyl (C=O) groups excluding carboxylic acids is 3. The second-order valence-electron chi connectivity index (χ2n) is 7.57. The summed E-state index contributed by atoms with van der Waals surface area (Å²) in [6.07, 6.45) is 4.69. The van der Waals surface area contributed by atoms with Crippen molar-refractivity contribution in [3.05, 3.63) is 42.5 Å². The van der Waals surface area contributed by atoms with E-state index in [0.29, 0.717) is 12.1 Å². The topological polar surface area (TPSA) is 78.5 Å². The molecule has 1 atom stereocenters. The fourth-order valence-corrected chi connectivity index (χ4v) is 3.58. The molecule has 0 bridgehead atoms. The molecule has 1 fully saturated rings. The van der Waals surface area contributed by atoms with Crippen LogP contribution in [-0.4, -0.2) is 34.8 Å². The van der Waals surface area contributed by atoms with Crippen LogP contribution in [0.15, 0.2) is 42.5 Å². The molecule has 2 aromatic carbocycles. The summed E-state index contributed by atoms with van der Waals surface area (Å²) in [4.78, 5) is 38.4. The van der Waals surface area contributed by atoms with Crippen LogP contribution in [0.25, 0.3) is 10.8 Å². The van der Waals surface area contributed by atoms with Crippen LogP contribution in [0.3, 0.4) is 0 Å². The highest BCUT2D eigenvalue weighted by molar-refractivity contribution is 6.10. The molecule has 4 amide bonds. The van der Waals surface area contributed by atoms with Gasteiger partial charge in [0.2, 0.25) is 5.91 Å². The van der Waals surface area contributed by atoms with Crippen molar-refractivity contribution >= 4 is 34.3 Å². The van der Waals surface area contributed by atoms with E-state index in [4.69, 9.17) is 0 Å². The third kappa shape index (κ3) is 4.32. The first-order valence-corrected chi connectivity index (χ1v) is 9.86. The number of carbonyl (C=O) groups is 3. The van der Waals surface area contributed by atoms with Crippen LogP contribution in [-0.2, 0) is 9.59 Å². The number of unbranched alkanes of at least 4 members (excludes halogenated alkanes) is 3. The fraction of sp³-hybridized carbons (Fsp3) is 0.409. The van der Waals surface area contributed by atoms with Gasteiger partial charge in [0.25, 0.3) is 5.91 Å². The summed E-state index contributed by atoms with van der Waals surface area (Å²) >= 11 is 0. The number of benzene rings is 2. The maximum Gasteiger partial charge on any atom is 0.325 e. The van der Waals surface area contributed by atoms with Crippen LogP contribution in [0.5, 0.6) is 0 Å². The zero-order chi connectivity index (χ0) is 20.1. The summed E-state index contributed by atoms with van der Waals surface area (Å²) in [5.74, 6) is -0.725. The van der Waals surface area contributed by atoms with E-state index in [9.17, 15) is 14.4 Å². The smallest absolute Gasteiger partial charge is 0.325 e. The number of hydrogen-bond donors (Lipinski definition) is 2. The molecule has 1 saturated heterocycles. The Balaban J connectivity index is 1.61. The molecule has 3 rings (SSSR count). The summed E-state index contributed by atoms with van der Waals surface area (Å²) in [5.41, 5.74) is -0.285. The maximum atomic E-state index is 12.7. The van der Waals surface area contributed by atoms with Gasteiger partial charge in [-0.3, -0.25) is 14.5 Å². The number of imide groups is 1. The molecule has 1 aliphatic rings. The Morgan fingerprint density at radius 2 is 1.82 bits per heavy atom. The standard InChI is InChI=1S/C22H27N3O3/c1-3-4-5-8-13-22(2)20(27)25(21(28)24-22)15-19(26)23-18-12-11-16-9-6-7-10-17(16)14-18/h6-7,9-12,14H,3-5,8,13,15H2,1-2H3,(H,23,26)(H,24,28). The van der Waals surface area contributed by atoms with Crippen LogP contribution in [0, 0.1) is 0 Å². The van der Waals surface area contributed by atoms with Gasteiger partial charge >= 0.3 is 6.03 Å². The van der Waals surface area contributed by atoms with Crippen molar-refractivity contribution in [1.29, 1.82) is 0 Å². The average molecular weight is 381 g/mol. The summed E-state index contributed by atoms with van der Waals surface area (Å²) in [5, 5.41) is 7.62. The normalized spacial score (nSPS) is 19.1. The molecule has 2 N–H and O–H groups in total. The molecule has 1 unspecified atom stereocenters. The summed E-state index contributed by atoms with van der Waals surface area (Å²) < 4.78 is 0. The Bertz CT molecular complexity index is 895. The van der Waals surface area contributed by atoms with E-state index in [-0.39, 0.29) is 12.5 Å². The van der Waals surface area contributed by atoms with Gasteiger partial charge in [0.05, 0.1) is 0 Å². The second kappa shape index (κ2) is 8.42. The summed E-state index contributed by atoms with van der Waals surface area (Å²) in [6, 6.07) is 13.0. The quantitative estimate of drug-likeness (QED) is 0.535. The summed E-state index contributed by atoms with van der Waals surface area (Å²) in [7, 11) is 0. The molecule has 0 aromatic heterocycles. The van der Waals surface area contributed by atoms with Crippen molar-refractivity contribution < 1.29 is 14.4 Å². The molecule has 0 aliphatic carbocycles. The first-order valence-electron chi connectivity index (χ1n) is 9.86. The van der Waals surface area contributed by atoms with Crippen molar-refractivity contribution in [2.24, 2.45) is 0 Å². The van der Waals surface area contributed by atoms with Crippen LogP contribution in [0.1, 0.15) is 46.0 Å². The van der Waals surface area contributed by atoms with Gasteiger partial charge in [0.1, 0.15) is 12.1 Å². The molecule has 2 aromatic rings. The van der Waals surface area contributed by atoms with Crippen molar-refractivity contribution in [3.63, 3.8) is 0 Å². The largest absolute Gasteiger partial charge is 0.325 e. The highest BCUT2D eigenvalue weighted by Crippen LogP contribution is 2.24. The SMILES string of the molecule is CCCCCCC1(C)NC(=O)N(CC(=O)Nc2ccc3ccccc3c2)C1=O. The lowest BCUT2D eigenvalue weighted by Gasteiger charge is -2.21. The van der Waals surface area contributed by atoms with Crippen LogP contribution in [0.4, 0.5) is 10.5 Å². The van der Waals surface area contributed by atoms with Gasteiger partial charge in [-0.15, -0.1) is 0 Å². The van der Waals surface area contributed by atoms with Gasteiger partial charge in [0, 0.05) is 5.69 Å². The maximum absolute atomic E-state index is 12.7. The van der Waals surface area contributed by atoms with Crippen LogP contribution < -0.4 is 10.6 Å². The number of urea groups is 1. The fourth-order valence-electron chi connectivity index (χ4n) is 3.58. The van der Waals surface area contributed by atoms with Crippen LogP contribution in [0.2, 0.25) is 0 Å². The number of hydrogen-bond acceptors (Lipinski definition) is 3. The minimum atomic E-state index is -0.923. The average Bonchev–Trinajstić information content (AvgIpc) is 2.88. The Kier molecular flexibility index (Phi) is 5.97. The highest BCUT2D eigenvalue weighted by Gasteiger charge is 2.47. The van der Waals surface area contributed by atoms with Gasteiger partial charge in [-0.05, 0) is 36.2 Å². The highest BCUT2D eigenvalue weighted by atomic mass is 16.2. The molecule has 148 valence electrons. The number of rotatable bonds is 8. The predicted octanol–water partition coefficient (Wildman–Crippen LogP) is 4.06. The molecular weight excluding hydrogens is 354 g/mol. The molecule has 6 nitrogen and oxygen atoms in total. The number of amides is 4. The monoisotopic (exact) mass is 381 g/mol. The Morgan fingerprint density at radius 3 is 2.57 bits per heavy atom. The minimum absolute atomic E-state index is 0.290. The number of fused-ring (bicyclic) bond motifs is 1. The molecular formula is C22H27N3O3. The van der Waals surface area contributed by atoms with E-state index in [0.717, 1.165) is 41.4 Å². The molecule has 6 heteroatoms. The van der Waals surface area contributed by atoms with Crippen molar-refractivity contribution in [2.45, 2.75) is 51.5 Å². The molecule has 1 aliphatic heterocycles. The second-order valence-corrected chi connectivity index (χ2v) is 7.57. The first-order chi connectivity index (χ1) is 13.4. The number of nitrogens with one attached hydrogen (secondary N) is 2. The van der Waals surface area contributed by atoms with E-state index in [1.807, 2.05) is 42.5 Å². The number of nitrogens with zero attached hydrogens (tertiary/aromatic N) is 1. The molecule has 0 radical (unpaired) electrons. The minimum Gasteiger partial charge on any atom is -0.325 e. The van der Waals surface area contributed by atoms with Crippen molar-refractivity contribution in [1.82, 2.24) is 10.2 Å². The van der Waals surface area contributed by atoms with Gasteiger partial charge in [0.15, 0.2) is 0 Å². The Hall–Kier alpha value is -2.89. The molecule has 0 spiro atoms. The van der Waals surface area contributed by atoms with E-state index >= 15 is 0 Å². The van der Waals surface area contributed by atoms with Crippen LogP contribution >= 0.6 is 0 Å². The Morgan fingerprint density at radius 1 is 1.07 bits per heavy atom. The first kappa shape index (κ1) is 19.9. The van der Waals surface area contributed by atoms with E-state index in [2.05, 4.69) is 17.6 Å². The zero-order valence-corrected chi connectivity index (χ0v) is 16.5. The number of anilines is 1.